The van der Waals surface area contributed by atoms with Gasteiger partial charge in [0.05, 0.1) is 6.54 Å². The minimum Gasteiger partial charge on any atom is -0.375 e. The van der Waals surface area contributed by atoms with Crippen LogP contribution in [0.5, 0.6) is 0 Å². The van der Waals surface area contributed by atoms with E-state index in [0.29, 0.717) is 17.5 Å². The standard InChI is InChI=1S/C12H16ClIN2O/c1-8(2)6-16-12(17)7-15-11-4-3-9(13)5-10(11)14/h3-5,8,15H,6-7H2,1-2H3,(H,16,17). The second kappa shape index (κ2) is 7.06. The molecule has 0 unspecified atom stereocenters. The van der Waals surface area contributed by atoms with Gasteiger partial charge >= 0.3 is 0 Å². The normalized spacial score (nSPS) is 10.4. The van der Waals surface area contributed by atoms with Crippen LogP contribution in [0.25, 0.3) is 0 Å². The van der Waals surface area contributed by atoms with Crippen molar-refractivity contribution in [3.05, 3.63) is 26.8 Å². The largest absolute Gasteiger partial charge is 0.375 e. The van der Waals surface area contributed by atoms with Gasteiger partial charge in [0, 0.05) is 20.8 Å². The molecule has 1 rings (SSSR count). The summed E-state index contributed by atoms with van der Waals surface area (Å²) in [5, 5.41) is 6.64. The average molecular weight is 367 g/mol. The number of carbonyl (C=O) groups excluding carboxylic acids is 1. The molecule has 0 spiro atoms. The van der Waals surface area contributed by atoms with Crippen molar-refractivity contribution in [1.82, 2.24) is 5.32 Å². The molecule has 0 aliphatic rings. The molecule has 0 saturated carbocycles. The fourth-order valence-corrected chi connectivity index (χ4v) is 2.25. The maximum atomic E-state index is 11.5. The molecule has 0 fully saturated rings. The van der Waals surface area contributed by atoms with Gasteiger partial charge in [-0.1, -0.05) is 25.4 Å². The van der Waals surface area contributed by atoms with Crippen molar-refractivity contribution in [2.45, 2.75) is 13.8 Å². The highest BCUT2D eigenvalue weighted by Gasteiger charge is 2.04. The van der Waals surface area contributed by atoms with E-state index in [1.807, 2.05) is 12.1 Å². The number of halogens is 2. The Morgan fingerprint density at radius 3 is 2.76 bits per heavy atom. The minimum absolute atomic E-state index is 0.00412. The Hall–Kier alpha value is -0.490. The SMILES string of the molecule is CC(C)CNC(=O)CNc1ccc(Cl)cc1I. The van der Waals surface area contributed by atoms with Crippen molar-refractivity contribution < 1.29 is 4.79 Å². The van der Waals surface area contributed by atoms with E-state index >= 15 is 0 Å². The average Bonchev–Trinajstić information content (AvgIpc) is 2.25. The monoisotopic (exact) mass is 366 g/mol. The predicted octanol–water partition coefficient (Wildman–Crippen LogP) is 3.13. The molecule has 3 nitrogen and oxygen atoms in total. The van der Waals surface area contributed by atoms with E-state index in [0.717, 1.165) is 9.26 Å². The molecule has 17 heavy (non-hydrogen) atoms. The molecule has 5 heteroatoms. The van der Waals surface area contributed by atoms with Gasteiger partial charge in [0.15, 0.2) is 0 Å². The second-order valence-corrected chi connectivity index (χ2v) is 5.77. The van der Waals surface area contributed by atoms with Crippen molar-refractivity contribution >= 4 is 45.8 Å². The zero-order valence-electron chi connectivity index (χ0n) is 9.89. The molecule has 0 radical (unpaired) electrons. The molecule has 0 bridgehead atoms. The van der Waals surface area contributed by atoms with Gasteiger partial charge in [0.1, 0.15) is 0 Å². The lowest BCUT2D eigenvalue weighted by molar-refractivity contribution is -0.119. The maximum Gasteiger partial charge on any atom is 0.239 e. The van der Waals surface area contributed by atoms with Crippen LogP contribution in [0, 0.1) is 9.49 Å². The number of hydrogen-bond donors (Lipinski definition) is 2. The van der Waals surface area contributed by atoms with Gasteiger partial charge in [0.2, 0.25) is 5.91 Å². The number of benzene rings is 1. The first-order valence-electron chi connectivity index (χ1n) is 5.44. The van der Waals surface area contributed by atoms with Crippen molar-refractivity contribution in [1.29, 1.82) is 0 Å². The van der Waals surface area contributed by atoms with Gasteiger partial charge in [0.25, 0.3) is 0 Å². The molecule has 1 aromatic rings. The molecular formula is C12H16ClIN2O. The van der Waals surface area contributed by atoms with E-state index in [4.69, 9.17) is 11.6 Å². The summed E-state index contributed by atoms with van der Waals surface area (Å²) in [6.45, 7) is 5.12. The van der Waals surface area contributed by atoms with Crippen LogP contribution in [0.3, 0.4) is 0 Å². The Morgan fingerprint density at radius 2 is 2.18 bits per heavy atom. The summed E-state index contributed by atoms with van der Waals surface area (Å²) in [5.41, 5.74) is 0.926. The summed E-state index contributed by atoms with van der Waals surface area (Å²) >= 11 is 8.04. The van der Waals surface area contributed by atoms with Gasteiger partial charge in [-0.15, -0.1) is 0 Å². The third-order valence-corrected chi connectivity index (χ3v) is 3.21. The highest BCUT2D eigenvalue weighted by Crippen LogP contribution is 2.21. The van der Waals surface area contributed by atoms with Crippen molar-refractivity contribution in [3.63, 3.8) is 0 Å². The number of anilines is 1. The Labute approximate surface area is 120 Å². The summed E-state index contributed by atoms with van der Waals surface area (Å²) in [4.78, 5) is 11.5. The molecule has 94 valence electrons. The third kappa shape index (κ3) is 5.59. The van der Waals surface area contributed by atoms with Crippen LogP contribution in [0.1, 0.15) is 13.8 Å². The topological polar surface area (TPSA) is 41.1 Å². The summed E-state index contributed by atoms with van der Waals surface area (Å²) in [6.07, 6.45) is 0. The minimum atomic E-state index is 0.00412. The highest BCUT2D eigenvalue weighted by molar-refractivity contribution is 14.1. The van der Waals surface area contributed by atoms with Gasteiger partial charge in [-0.2, -0.15) is 0 Å². The molecule has 1 amide bonds. The Balaban J connectivity index is 2.42. The van der Waals surface area contributed by atoms with E-state index in [1.54, 1.807) is 6.07 Å². The molecule has 0 heterocycles. The second-order valence-electron chi connectivity index (χ2n) is 4.18. The van der Waals surface area contributed by atoms with Crippen LogP contribution in [0.4, 0.5) is 5.69 Å². The Bertz CT molecular complexity index is 396. The number of hydrogen-bond acceptors (Lipinski definition) is 2. The van der Waals surface area contributed by atoms with E-state index in [2.05, 4.69) is 47.1 Å². The van der Waals surface area contributed by atoms with Crippen LogP contribution in [-0.2, 0) is 4.79 Å². The quantitative estimate of drug-likeness (QED) is 0.786. The molecule has 0 aliphatic heterocycles. The lowest BCUT2D eigenvalue weighted by atomic mass is 10.2. The molecule has 0 aromatic heterocycles. The van der Waals surface area contributed by atoms with E-state index in [1.165, 1.54) is 0 Å². The third-order valence-electron chi connectivity index (χ3n) is 2.08. The van der Waals surface area contributed by atoms with Crippen LogP contribution in [0.15, 0.2) is 18.2 Å². The fourth-order valence-electron chi connectivity index (χ4n) is 1.19. The lowest BCUT2D eigenvalue weighted by Gasteiger charge is -2.10. The van der Waals surface area contributed by atoms with Crippen LogP contribution in [0.2, 0.25) is 5.02 Å². The van der Waals surface area contributed by atoms with Crippen molar-refractivity contribution in [2.75, 3.05) is 18.4 Å². The first kappa shape index (κ1) is 14.6. The molecule has 2 N–H and O–H groups in total. The summed E-state index contributed by atoms with van der Waals surface area (Å²) in [7, 11) is 0. The summed E-state index contributed by atoms with van der Waals surface area (Å²) in [5.74, 6) is 0.471. The maximum absolute atomic E-state index is 11.5. The van der Waals surface area contributed by atoms with Gasteiger partial charge in [-0.25, -0.2) is 0 Å². The molecule has 0 aliphatic carbocycles. The summed E-state index contributed by atoms with van der Waals surface area (Å²) < 4.78 is 1.01. The summed E-state index contributed by atoms with van der Waals surface area (Å²) in [6, 6.07) is 5.54. The van der Waals surface area contributed by atoms with Crippen LogP contribution in [-0.4, -0.2) is 19.0 Å². The smallest absolute Gasteiger partial charge is 0.239 e. The zero-order chi connectivity index (χ0) is 12.8. The van der Waals surface area contributed by atoms with Crippen molar-refractivity contribution in [3.8, 4) is 0 Å². The fraction of sp³-hybridized carbons (Fsp3) is 0.417. The van der Waals surface area contributed by atoms with Gasteiger partial charge in [-0.05, 0) is 46.7 Å². The zero-order valence-corrected chi connectivity index (χ0v) is 12.8. The molecule has 0 atom stereocenters. The number of rotatable bonds is 5. The molecule has 1 aromatic carbocycles. The van der Waals surface area contributed by atoms with Crippen LogP contribution < -0.4 is 10.6 Å². The first-order valence-corrected chi connectivity index (χ1v) is 6.90. The first-order chi connectivity index (χ1) is 7.99. The number of amides is 1. The lowest BCUT2D eigenvalue weighted by Crippen LogP contribution is -2.32. The number of nitrogens with one attached hydrogen (secondary N) is 2. The van der Waals surface area contributed by atoms with Gasteiger partial charge < -0.3 is 10.6 Å². The Morgan fingerprint density at radius 1 is 1.47 bits per heavy atom. The van der Waals surface area contributed by atoms with E-state index in [9.17, 15) is 4.79 Å². The van der Waals surface area contributed by atoms with Crippen LogP contribution >= 0.6 is 34.2 Å². The van der Waals surface area contributed by atoms with E-state index in [-0.39, 0.29) is 12.5 Å². The number of carbonyl (C=O) groups is 1. The molecule has 0 saturated heterocycles. The Kier molecular flexibility index (Phi) is 6.05. The van der Waals surface area contributed by atoms with E-state index < -0.39 is 0 Å². The molecular weight excluding hydrogens is 351 g/mol. The van der Waals surface area contributed by atoms with Gasteiger partial charge in [-0.3, -0.25) is 4.79 Å². The van der Waals surface area contributed by atoms with Crippen molar-refractivity contribution in [2.24, 2.45) is 5.92 Å². The predicted molar refractivity (Wildman–Crippen MR) is 80.5 cm³/mol. The highest BCUT2D eigenvalue weighted by atomic mass is 127.